The number of nitriles is 1. The maximum Gasteiger partial charge on any atom is 0.350 e. The lowest BCUT2D eigenvalue weighted by Gasteiger charge is -2.37. The summed E-state index contributed by atoms with van der Waals surface area (Å²) in [5.41, 5.74) is 2.45. The molecule has 0 saturated carbocycles. The zero-order chi connectivity index (χ0) is 26.7. The highest BCUT2D eigenvalue weighted by Crippen LogP contribution is 2.34. The number of aromatic nitrogens is 4. The molecule has 1 aliphatic rings. The van der Waals surface area contributed by atoms with Gasteiger partial charge in [0.15, 0.2) is 5.13 Å². The lowest BCUT2D eigenvalue weighted by molar-refractivity contribution is 0.0531. The first-order valence-corrected chi connectivity index (χ1v) is 12.8. The van der Waals surface area contributed by atoms with Crippen LogP contribution in [0.15, 0.2) is 12.4 Å². The van der Waals surface area contributed by atoms with Crippen molar-refractivity contribution in [2.75, 3.05) is 31.7 Å². The van der Waals surface area contributed by atoms with Crippen molar-refractivity contribution in [1.29, 1.82) is 5.26 Å². The molecule has 1 fully saturated rings. The number of thiazole rings is 1. The summed E-state index contributed by atoms with van der Waals surface area (Å²) < 4.78 is 10.9. The molecule has 37 heavy (non-hydrogen) atoms. The van der Waals surface area contributed by atoms with Crippen LogP contribution < -0.4 is 10.2 Å². The van der Waals surface area contributed by atoms with Crippen molar-refractivity contribution in [2.24, 2.45) is 0 Å². The van der Waals surface area contributed by atoms with E-state index in [4.69, 9.17) is 26.1 Å². The van der Waals surface area contributed by atoms with Gasteiger partial charge in [0.25, 0.3) is 5.91 Å². The molecular weight excluding hydrogens is 518 g/mol. The number of nitrogens with zero attached hydrogens (tertiary/aromatic N) is 5. The maximum absolute atomic E-state index is 12.9. The number of ether oxygens (including phenoxy) is 2. The predicted octanol–water partition coefficient (Wildman–Crippen LogP) is 3.27. The minimum Gasteiger partial charge on any atom is -0.462 e. The Morgan fingerprint density at radius 2 is 2.14 bits per heavy atom. The van der Waals surface area contributed by atoms with Gasteiger partial charge in [-0.05, 0) is 27.2 Å². The van der Waals surface area contributed by atoms with E-state index in [1.165, 1.54) is 11.3 Å². The first kappa shape index (κ1) is 26.5. The highest BCUT2D eigenvalue weighted by molar-refractivity contribution is 7.17. The number of hydrogen-bond donors (Lipinski definition) is 2. The van der Waals surface area contributed by atoms with Crippen LogP contribution in [0.3, 0.4) is 0 Å². The molecule has 0 spiro atoms. The minimum absolute atomic E-state index is 0.115. The number of aromatic amines is 1. The maximum atomic E-state index is 12.9. The van der Waals surface area contributed by atoms with Crippen molar-refractivity contribution >= 4 is 39.9 Å². The van der Waals surface area contributed by atoms with Crippen molar-refractivity contribution in [1.82, 2.24) is 25.3 Å². The van der Waals surface area contributed by atoms with Gasteiger partial charge in [-0.25, -0.2) is 9.78 Å². The molecule has 0 aromatic carbocycles. The summed E-state index contributed by atoms with van der Waals surface area (Å²) in [5, 5.41) is 13.2. The topological polar surface area (TPSA) is 146 Å². The standard InChI is InChI=1S/C24H26ClN7O4S/c1-5-36-23(34)21-20(16-10-27-12(2)9-28-16)31-24(37-21)32-7-6-15(17(11-32)35-4)30-22(33)19-14(8-26)18(25)13(3)29-19/h9-10,15,17,29H,5-7,11H2,1-4H3,(H,30,33)/t15-,17+/m1/s1. The third-order valence-corrected chi connectivity index (χ3v) is 7.57. The van der Waals surface area contributed by atoms with Gasteiger partial charge in [-0.2, -0.15) is 5.26 Å². The van der Waals surface area contributed by atoms with Crippen LogP contribution in [-0.2, 0) is 9.47 Å². The van der Waals surface area contributed by atoms with E-state index in [9.17, 15) is 14.9 Å². The Morgan fingerprint density at radius 1 is 1.35 bits per heavy atom. The molecule has 2 N–H and O–H groups in total. The van der Waals surface area contributed by atoms with E-state index in [2.05, 4.69) is 20.3 Å². The molecule has 1 aliphatic heterocycles. The second-order valence-electron chi connectivity index (χ2n) is 8.45. The molecule has 1 saturated heterocycles. The van der Waals surface area contributed by atoms with Gasteiger partial charge in [-0.1, -0.05) is 22.9 Å². The number of methoxy groups -OCH3 is 1. The molecule has 4 heterocycles. The average molecular weight is 544 g/mol. The number of H-pyrrole nitrogens is 1. The van der Waals surface area contributed by atoms with Crippen LogP contribution in [-0.4, -0.2) is 70.8 Å². The number of amides is 1. The third kappa shape index (κ3) is 5.44. The average Bonchev–Trinajstić information content (AvgIpc) is 3.46. The molecule has 0 radical (unpaired) electrons. The Labute approximate surface area is 222 Å². The third-order valence-electron chi connectivity index (χ3n) is 6.00. The van der Waals surface area contributed by atoms with Gasteiger partial charge >= 0.3 is 5.97 Å². The van der Waals surface area contributed by atoms with Gasteiger partial charge in [-0.15, -0.1) is 0 Å². The number of anilines is 1. The van der Waals surface area contributed by atoms with Gasteiger partial charge in [0, 0.05) is 32.1 Å². The number of nitrogens with one attached hydrogen (secondary N) is 2. The van der Waals surface area contributed by atoms with E-state index in [1.807, 2.05) is 17.9 Å². The van der Waals surface area contributed by atoms with Crippen LogP contribution in [0.5, 0.6) is 0 Å². The molecule has 0 aliphatic carbocycles. The highest BCUT2D eigenvalue weighted by Gasteiger charge is 2.34. The molecule has 0 unspecified atom stereocenters. The first-order valence-electron chi connectivity index (χ1n) is 11.6. The summed E-state index contributed by atoms with van der Waals surface area (Å²) in [6.07, 6.45) is 3.38. The number of carbonyl (C=O) groups excluding carboxylic acids is 2. The number of carbonyl (C=O) groups is 2. The fourth-order valence-electron chi connectivity index (χ4n) is 4.08. The fourth-order valence-corrected chi connectivity index (χ4v) is 5.27. The van der Waals surface area contributed by atoms with E-state index in [0.717, 1.165) is 5.69 Å². The van der Waals surface area contributed by atoms with Gasteiger partial charge in [0.2, 0.25) is 0 Å². The highest BCUT2D eigenvalue weighted by atomic mass is 35.5. The Kier molecular flexibility index (Phi) is 8.06. The molecule has 1 amide bonds. The molecule has 11 nitrogen and oxygen atoms in total. The predicted molar refractivity (Wildman–Crippen MR) is 138 cm³/mol. The summed E-state index contributed by atoms with van der Waals surface area (Å²) in [6, 6.07) is 1.67. The summed E-state index contributed by atoms with van der Waals surface area (Å²) in [4.78, 5) is 44.2. The van der Waals surface area contributed by atoms with Gasteiger partial charge in [-0.3, -0.25) is 14.8 Å². The summed E-state index contributed by atoms with van der Waals surface area (Å²) in [6.45, 7) is 6.49. The number of aryl methyl sites for hydroxylation is 2. The lowest BCUT2D eigenvalue weighted by Crippen LogP contribution is -2.55. The molecule has 0 bridgehead atoms. The fraction of sp³-hybridized carbons (Fsp3) is 0.417. The van der Waals surface area contributed by atoms with E-state index in [1.54, 1.807) is 33.4 Å². The molecule has 3 aromatic rings. The molecule has 194 valence electrons. The Bertz CT molecular complexity index is 1350. The number of piperidine rings is 1. The van der Waals surface area contributed by atoms with E-state index in [-0.39, 0.29) is 35.0 Å². The molecule has 4 rings (SSSR count). The largest absolute Gasteiger partial charge is 0.462 e. The van der Waals surface area contributed by atoms with Crippen molar-refractivity contribution in [2.45, 2.75) is 39.3 Å². The van der Waals surface area contributed by atoms with E-state index < -0.39 is 11.9 Å². The summed E-state index contributed by atoms with van der Waals surface area (Å²) in [7, 11) is 1.57. The summed E-state index contributed by atoms with van der Waals surface area (Å²) in [5.74, 6) is -0.895. The van der Waals surface area contributed by atoms with Crippen LogP contribution in [0, 0.1) is 25.2 Å². The van der Waals surface area contributed by atoms with E-state index >= 15 is 0 Å². The first-order chi connectivity index (χ1) is 17.8. The second kappa shape index (κ2) is 11.2. The van der Waals surface area contributed by atoms with E-state index in [0.29, 0.717) is 46.6 Å². The minimum atomic E-state index is -0.470. The van der Waals surface area contributed by atoms with Crippen molar-refractivity contribution < 1.29 is 19.1 Å². The van der Waals surface area contributed by atoms with Crippen LogP contribution >= 0.6 is 22.9 Å². The quantitative estimate of drug-likeness (QED) is 0.428. The summed E-state index contributed by atoms with van der Waals surface area (Å²) >= 11 is 7.36. The monoisotopic (exact) mass is 543 g/mol. The van der Waals surface area contributed by atoms with Crippen LogP contribution in [0.1, 0.15) is 50.5 Å². The molecular formula is C24H26ClN7O4S. The Balaban J connectivity index is 1.55. The van der Waals surface area contributed by atoms with Crippen molar-refractivity contribution in [3.8, 4) is 17.5 Å². The Morgan fingerprint density at radius 3 is 2.78 bits per heavy atom. The van der Waals surface area contributed by atoms with Crippen LogP contribution in [0.2, 0.25) is 5.02 Å². The van der Waals surface area contributed by atoms with Crippen molar-refractivity contribution in [3.63, 3.8) is 0 Å². The number of halogens is 1. The normalized spacial score (nSPS) is 17.4. The molecule has 2 atom stereocenters. The molecule has 3 aromatic heterocycles. The number of rotatable bonds is 7. The van der Waals surface area contributed by atoms with Crippen molar-refractivity contribution in [3.05, 3.63) is 44.9 Å². The lowest BCUT2D eigenvalue weighted by atomic mass is 10.0. The Hall–Kier alpha value is -3.53. The van der Waals surface area contributed by atoms with Gasteiger partial charge < -0.3 is 24.7 Å². The SMILES string of the molecule is CCOC(=O)c1sc(N2CC[C@@H](NC(=O)c3[nH]c(C)c(Cl)c3C#N)[C@@H](OC)C2)nc1-c1cnc(C)cn1. The van der Waals surface area contributed by atoms with Crippen LogP contribution in [0.4, 0.5) is 5.13 Å². The molecule has 13 heteroatoms. The second-order valence-corrected chi connectivity index (χ2v) is 9.81. The van der Waals surface area contributed by atoms with Crippen LogP contribution in [0.25, 0.3) is 11.4 Å². The van der Waals surface area contributed by atoms with Gasteiger partial charge in [0.05, 0.1) is 35.7 Å². The van der Waals surface area contributed by atoms with Gasteiger partial charge in [0.1, 0.15) is 33.6 Å². The number of esters is 1. The number of hydrogen-bond acceptors (Lipinski definition) is 10. The zero-order valence-electron chi connectivity index (χ0n) is 20.8. The zero-order valence-corrected chi connectivity index (χ0v) is 22.4. The smallest absolute Gasteiger partial charge is 0.350 e.